The van der Waals surface area contributed by atoms with E-state index in [0.717, 1.165) is 55.6 Å². The summed E-state index contributed by atoms with van der Waals surface area (Å²) in [5.41, 5.74) is 3.24. The molecule has 2 aliphatic heterocycles. The van der Waals surface area contributed by atoms with E-state index in [0.29, 0.717) is 23.4 Å². The maximum atomic E-state index is 13.5. The number of nitro benzene ring substituents is 1. The molecule has 2 fully saturated rings. The molecule has 1 N–H and O–H groups in total. The van der Waals surface area contributed by atoms with E-state index in [9.17, 15) is 14.9 Å². The van der Waals surface area contributed by atoms with Crippen LogP contribution in [0.25, 0.3) is 0 Å². The summed E-state index contributed by atoms with van der Waals surface area (Å²) in [6, 6.07) is 6.66. The quantitative estimate of drug-likeness (QED) is 0.378. The number of hydrogen-bond donors (Lipinski definition) is 1. The summed E-state index contributed by atoms with van der Waals surface area (Å²) >= 11 is 0. The van der Waals surface area contributed by atoms with Gasteiger partial charge in [-0.15, -0.1) is 0 Å². The highest BCUT2D eigenvalue weighted by Crippen LogP contribution is 2.49. The van der Waals surface area contributed by atoms with Crippen molar-refractivity contribution in [1.82, 2.24) is 9.78 Å². The van der Waals surface area contributed by atoms with E-state index in [1.54, 1.807) is 22.9 Å². The summed E-state index contributed by atoms with van der Waals surface area (Å²) in [6.45, 7) is 2.67. The lowest BCUT2D eigenvalue weighted by atomic mass is 9.79. The minimum atomic E-state index is -0.640. The lowest BCUT2D eigenvalue weighted by Crippen LogP contribution is -2.27. The second-order valence-corrected chi connectivity index (χ2v) is 9.40. The van der Waals surface area contributed by atoms with Crippen LogP contribution in [-0.4, -0.2) is 40.0 Å². The monoisotopic (exact) mass is 466 g/mol. The Morgan fingerprint density at radius 1 is 1.26 bits per heavy atom. The van der Waals surface area contributed by atoms with Crippen molar-refractivity contribution in [3.63, 3.8) is 0 Å². The number of allylic oxidation sites excluding steroid dienone is 1. The Bertz CT molecular complexity index is 1140. The number of aryl methyl sites for hydroxylation is 1. The largest absolute Gasteiger partial charge is 0.459 e. The third-order valence-corrected chi connectivity index (χ3v) is 7.23. The van der Waals surface area contributed by atoms with E-state index in [1.165, 1.54) is 6.07 Å². The third kappa shape index (κ3) is 3.98. The highest BCUT2D eigenvalue weighted by Gasteiger charge is 2.42. The van der Waals surface area contributed by atoms with E-state index in [4.69, 9.17) is 14.6 Å². The summed E-state index contributed by atoms with van der Waals surface area (Å²) in [7, 11) is 1.87. The zero-order valence-electron chi connectivity index (χ0n) is 19.6. The van der Waals surface area contributed by atoms with Gasteiger partial charge in [-0.2, -0.15) is 5.10 Å². The second-order valence-electron chi connectivity index (χ2n) is 9.40. The maximum Gasteiger partial charge on any atom is 0.336 e. The molecule has 2 unspecified atom stereocenters. The van der Waals surface area contributed by atoms with Gasteiger partial charge in [-0.1, -0.05) is 31.0 Å². The highest BCUT2D eigenvalue weighted by atomic mass is 16.6. The van der Waals surface area contributed by atoms with Gasteiger partial charge in [-0.05, 0) is 32.6 Å². The van der Waals surface area contributed by atoms with Crippen molar-refractivity contribution in [2.24, 2.45) is 7.05 Å². The number of para-hydroxylation sites is 1. The number of aromatic nitrogens is 2. The topological polar surface area (TPSA) is 109 Å². The van der Waals surface area contributed by atoms with Crippen LogP contribution in [0.4, 0.5) is 11.5 Å². The van der Waals surface area contributed by atoms with E-state index < -0.39 is 11.9 Å². The smallest absolute Gasteiger partial charge is 0.336 e. The number of fused-ring (bicyclic) bond motifs is 1. The average Bonchev–Trinajstić information content (AvgIpc) is 3.59. The highest BCUT2D eigenvalue weighted by molar-refractivity contribution is 5.95. The van der Waals surface area contributed by atoms with Crippen molar-refractivity contribution >= 4 is 17.5 Å². The molecule has 0 amide bonds. The lowest BCUT2D eigenvalue weighted by molar-refractivity contribution is -0.385. The number of carbonyl (C=O) groups is 1. The van der Waals surface area contributed by atoms with Crippen molar-refractivity contribution in [1.29, 1.82) is 0 Å². The van der Waals surface area contributed by atoms with Gasteiger partial charge in [-0.3, -0.25) is 14.8 Å². The average molecular weight is 467 g/mol. The van der Waals surface area contributed by atoms with E-state index in [2.05, 4.69) is 5.32 Å². The van der Waals surface area contributed by atoms with Gasteiger partial charge in [0.1, 0.15) is 12.4 Å². The van der Waals surface area contributed by atoms with Gasteiger partial charge in [0.2, 0.25) is 0 Å². The van der Waals surface area contributed by atoms with Gasteiger partial charge < -0.3 is 14.8 Å². The number of benzene rings is 1. The first-order valence-corrected chi connectivity index (χ1v) is 12.0. The summed E-state index contributed by atoms with van der Waals surface area (Å²) in [5, 5.41) is 20.2. The Balaban J connectivity index is 1.63. The predicted molar refractivity (Wildman–Crippen MR) is 126 cm³/mol. The molecule has 1 aromatic heterocycles. The minimum absolute atomic E-state index is 0.0150. The SMILES string of the molecule is CC1=C(C(=O)OCC2CCCO2)C(c2ccccc2[N+](=O)[O-])c2c(C3CCCC3)nn(C)c2N1. The molecule has 5 rings (SSSR count). The van der Waals surface area contributed by atoms with Gasteiger partial charge in [0, 0.05) is 42.5 Å². The molecule has 0 radical (unpaired) electrons. The molecule has 1 saturated carbocycles. The number of nitrogens with zero attached hydrogens (tertiary/aromatic N) is 3. The summed E-state index contributed by atoms with van der Waals surface area (Å²) < 4.78 is 13.1. The molecule has 9 heteroatoms. The summed E-state index contributed by atoms with van der Waals surface area (Å²) in [4.78, 5) is 25.1. The Kier molecular flexibility index (Phi) is 6.12. The van der Waals surface area contributed by atoms with Gasteiger partial charge in [0.25, 0.3) is 5.69 Å². The fraction of sp³-hybridized carbons (Fsp3) is 0.520. The van der Waals surface area contributed by atoms with E-state index >= 15 is 0 Å². The van der Waals surface area contributed by atoms with Crippen LogP contribution in [0.3, 0.4) is 0 Å². The molecule has 9 nitrogen and oxygen atoms in total. The molecule has 3 heterocycles. The Morgan fingerprint density at radius 2 is 2.03 bits per heavy atom. The number of anilines is 1. The van der Waals surface area contributed by atoms with E-state index in [-0.39, 0.29) is 29.2 Å². The lowest BCUT2D eigenvalue weighted by Gasteiger charge is -2.29. The van der Waals surface area contributed by atoms with Crippen LogP contribution < -0.4 is 5.32 Å². The molecular weight excluding hydrogens is 436 g/mol. The van der Waals surface area contributed by atoms with Gasteiger partial charge >= 0.3 is 5.97 Å². The second kappa shape index (κ2) is 9.21. The Labute approximate surface area is 198 Å². The fourth-order valence-electron chi connectivity index (χ4n) is 5.60. The number of rotatable bonds is 6. The molecular formula is C25H30N4O5. The number of carbonyl (C=O) groups excluding carboxylic acids is 1. The molecule has 180 valence electrons. The Morgan fingerprint density at radius 3 is 2.74 bits per heavy atom. The van der Waals surface area contributed by atoms with Gasteiger partial charge in [0.15, 0.2) is 0 Å². The molecule has 1 saturated heterocycles. The van der Waals surface area contributed by atoms with Crippen LogP contribution in [0, 0.1) is 10.1 Å². The zero-order valence-corrected chi connectivity index (χ0v) is 19.6. The van der Waals surface area contributed by atoms with Crippen LogP contribution in [0.1, 0.15) is 74.1 Å². The molecule has 0 spiro atoms. The van der Waals surface area contributed by atoms with Crippen molar-refractivity contribution < 1.29 is 19.2 Å². The standard InChI is InChI=1S/C25H30N4O5/c1-15-20(25(30)34-14-17-10-7-13-33-17)21(18-11-5-6-12-19(18)29(31)32)22-23(16-8-3-4-9-16)27-28(2)24(22)26-15/h5-6,11-12,16-17,21,26H,3-4,7-10,13-14H2,1-2H3. The van der Waals surface area contributed by atoms with Crippen LogP contribution in [0.15, 0.2) is 35.5 Å². The summed E-state index contributed by atoms with van der Waals surface area (Å²) in [5.74, 6) is -0.0718. The van der Waals surface area contributed by atoms with Crippen LogP contribution in [0.2, 0.25) is 0 Å². The molecule has 34 heavy (non-hydrogen) atoms. The zero-order chi connectivity index (χ0) is 23.8. The molecule has 1 aliphatic carbocycles. The van der Waals surface area contributed by atoms with Crippen LogP contribution in [-0.2, 0) is 21.3 Å². The van der Waals surface area contributed by atoms with Crippen molar-refractivity contribution in [2.45, 2.75) is 63.4 Å². The summed E-state index contributed by atoms with van der Waals surface area (Å²) in [6.07, 6.45) is 6.01. The number of esters is 1. The first kappa shape index (κ1) is 22.6. The van der Waals surface area contributed by atoms with Crippen molar-refractivity contribution in [3.05, 3.63) is 62.5 Å². The number of ether oxygens (including phenoxy) is 2. The van der Waals surface area contributed by atoms with Crippen molar-refractivity contribution in [3.8, 4) is 0 Å². The normalized spacial score (nSPS) is 22.5. The number of nitro groups is 1. The minimum Gasteiger partial charge on any atom is -0.459 e. The van der Waals surface area contributed by atoms with Crippen LogP contribution in [0.5, 0.6) is 0 Å². The number of hydrogen-bond acceptors (Lipinski definition) is 7. The molecule has 3 aliphatic rings. The molecule has 1 aromatic carbocycles. The van der Waals surface area contributed by atoms with Gasteiger partial charge in [-0.25, -0.2) is 4.79 Å². The first-order chi connectivity index (χ1) is 16.5. The molecule has 2 atom stereocenters. The molecule has 2 aromatic rings. The van der Waals surface area contributed by atoms with E-state index in [1.807, 2.05) is 14.0 Å². The predicted octanol–water partition coefficient (Wildman–Crippen LogP) is 4.54. The van der Waals surface area contributed by atoms with Crippen molar-refractivity contribution in [2.75, 3.05) is 18.5 Å². The molecule has 0 bridgehead atoms. The third-order valence-electron chi connectivity index (χ3n) is 7.23. The number of nitrogens with one attached hydrogen (secondary N) is 1. The van der Waals surface area contributed by atoms with Crippen LogP contribution >= 0.6 is 0 Å². The Hall–Kier alpha value is -3.20. The van der Waals surface area contributed by atoms with Gasteiger partial charge in [0.05, 0.1) is 28.2 Å². The first-order valence-electron chi connectivity index (χ1n) is 12.0. The fourth-order valence-corrected chi connectivity index (χ4v) is 5.60. The maximum absolute atomic E-state index is 13.5.